The molecule has 4 rings (SSSR count). The first kappa shape index (κ1) is 13.5. The van der Waals surface area contributed by atoms with Crippen molar-refractivity contribution in [2.75, 3.05) is 0 Å². The number of nitro groups is 1. The van der Waals surface area contributed by atoms with Crippen LogP contribution in [0.3, 0.4) is 0 Å². The molecule has 3 heteroatoms. The summed E-state index contributed by atoms with van der Waals surface area (Å²) in [4.78, 5) is 10.5. The number of benzene rings is 4. The molecule has 110 valence electrons. The first-order valence-corrected chi connectivity index (χ1v) is 7.39. The van der Waals surface area contributed by atoms with Gasteiger partial charge < -0.3 is 0 Å². The van der Waals surface area contributed by atoms with Gasteiger partial charge in [-0.2, -0.15) is 0 Å². The van der Waals surface area contributed by atoms with Gasteiger partial charge in [0.05, 0.1) is 4.92 Å². The second-order valence-corrected chi connectivity index (χ2v) is 5.50. The molecule has 0 amide bonds. The number of fused-ring (bicyclic) bond motifs is 2. The van der Waals surface area contributed by atoms with Crippen molar-refractivity contribution >= 4 is 27.2 Å². The Balaban J connectivity index is 2.08. The van der Waals surface area contributed by atoms with Crippen LogP contribution in [0.25, 0.3) is 32.7 Å². The molecule has 23 heavy (non-hydrogen) atoms. The molecule has 0 spiro atoms. The zero-order valence-electron chi connectivity index (χ0n) is 12.3. The molecular formula is C20H13NO2. The number of hydrogen-bond donors (Lipinski definition) is 0. The Labute approximate surface area is 133 Å². The standard InChI is InChI=1S/C20H13NO2/c22-21(23)17-11-9-14(10-12-17)20-18-7-3-1-5-15(18)13-16-6-2-4-8-19(16)20/h1-13H. The summed E-state index contributed by atoms with van der Waals surface area (Å²) in [5.41, 5.74) is 2.22. The van der Waals surface area contributed by atoms with Crippen molar-refractivity contribution in [2.45, 2.75) is 0 Å². The van der Waals surface area contributed by atoms with Crippen LogP contribution in [0.1, 0.15) is 0 Å². The smallest absolute Gasteiger partial charge is 0.258 e. The zero-order valence-corrected chi connectivity index (χ0v) is 12.3. The minimum absolute atomic E-state index is 0.110. The Bertz CT molecular complexity index is 982. The molecule has 0 bridgehead atoms. The average molecular weight is 299 g/mol. The van der Waals surface area contributed by atoms with Gasteiger partial charge >= 0.3 is 0 Å². The van der Waals surface area contributed by atoms with E-state index in [0.29, 0.717) is 0 Å². The van der Waals surface area contributed by atoms with Crippen LogP contribution in [-0.2, 0) is 0 Å². The van der Waals surface area contributed by atoms with E-state index in [4.69, 9.17) is 0 Å². The van der Waals surface area contributed by atoms with Crippen molar-refractivity contribution < 1.29 is 4.92 Å². The fraction of sp³-hybridized carbons (Fsp3) is 0. The van der Waals surface area contributed by atoms with Crippen molar-refractivity contribution in [1.29, 1.82) is 0 Å². The minimum Gasteiger partial charge on any atom is -0.258 e. The van der Waals surface area contributed by atoms with Crippen molar-refractivity contribution in [2.24, 2.45) is 0 Å². The molecule has 0 radical (unpaired) electrons. The minimum atomic E-state index is -0.370. The van der Waals surface area contributed by atoms with Crippen molar-refractivity contribution in [3.05, 3.63) is 89.0 Å². The predicted octanol–water partition coefficient (Wildman–Crippen LogP) is 5.57. The Hall–Kier alpha value is -3.20. The second-order valence-electron chi connectivity index (χ2n) is 5.50. The van der Waals surface area contributed by atoms with E-state index in [0.717, 1.165) is 21.9 Å². The Morgan fingerprint density at radius 1 is 0.696 bits per heavy atom. The molecule has 0 aliphatic rings. The summed E-state index contributed by atoms with van der Waals surface area (Å²) < 4.78 is 0. The molecule has 0 saturated heterocycles. The maximum absolute atomic E-state index is 10.9. The number of rotatable bonds is 2. The van der Waals surface area contributed by atoms with Gasteiger partial charge in [-0.15, -0.1) is 0 Å². The summed E-state index contributed by atoms with van der Waals surface area (Å²) >= 11 is 0. The Kier molecular flexibility index (Phi) is 3.05. The topological polar surface area (TPSA) is 43.1 Å². The highest BCUT2D eigenvalue weighted by molar-refractivity contribution is 6.12. The molecule has 4 aromatic carbocycles. The van der Waals surface area contributed by atoms with Gasteiger partial charge in [-0.25, -0.2) is 0 Å². The van der Waals surface area contributed by atoms with E-state index in [1.54, 1.807) is 12.1 Å². The van der Waals surface area contributed by atoms with Crippen LogP contribution in [-0.4, -0.2) is 4.92 Å². The van der Waals surface area contributed by atoms with Gasteiger partial charge in [0.25, 0.3) is 5.69 Å². The fourth-order valence-corrected chi connectivity index (χ4v) is 3.07. The van der Waals surface area contributed by atoms with Crippen molar-refractivity contribution in [3.63, 3.8) is 0 Å². The van der Waals surface area contributed by atoms with Crippen LogP contribution < -0.4 is 0 Å². The molecule has 0 atom stereocenters. The summed E-state index contributed by atoms with van der Waals surface area (Å²) in [6, 6.07) is 25.4. The summed E-state index contributed by atoms with van der Waals surface area (Å²) in [6.07, 6.45) is 0. The van der Waals surface area contributed by atoms with Gasteiger partial charge in [-0.1, -0.05) is 48.5 Å². The summed E-state index contributed by atoms with van der Waals surface area (Å²) in [5, 5.41) is 15.5. The van der Waals surface area contributed by atoms with Crippen LogP contribution in [0.5, 0.6) is 0 Å². The van der Waals surface area contributed by atoms with Gasteiger partial charge in [0.15, 0.2) is 0 Å². The molecular weight excluding hydrogens is 286 g/mol. The number of non-ortho nitro benzene ring substituents is 1. The molecule has 0 heterocycles. The summed E-state index contributed by atoms with van der Waals surface area (Å²) in [6.45, 7) is 0. The number of hydrogen-bond acceptors (Lipinski definition) is 2. The van der Waals surface area contributed by atoms with Crippen LogP contribution in [0.4, 0.5) is 5.69 Å². The molecule has 0 saturated carbocycles. The van der Waals surface area contributed by atoms with Crippen LogP contribution >= 0.6 is 0 Å². The lowest BCUT2D eigenvalue weighted by Crippen LogP contribution is -1.89. The Morgan fingerprint density at radius 3 is 1.74 bits per heavy atom. The van der Waals surface area contributed by atoms with Crippen molar-refractivity contribution in [3.8, 4) is 11.1 Å². The molecule has 4 aromatic rings. The van der Waals surface area contributed by atoms with E-state index in [-0.39, 0.29) is 10.6 Å². The second kappa shape index (κ2) is 5.21. The van der Waals surface area contributed by atoms with Crippen LogP contribution in [0.2, 0.25) is 0 Å². The van der Waals surface area contributed by atoms with E-state index >= 15 is 0 Å². The lowest BCUT2D eigenvalue weighted by Gasteiger charge is -2.11. The highest BCUT2D eigenvalue weighted by Gasteiger charge is 2.11. The average Bonchev–Trinajstić information content (AvgIpc) is 2.59. The van der Waals surface area contributed by atoms with Gasteiger partial charge in [-0.3, -0.25) is 10.1 Å². The predicted molar refractivity (Wildman–Crippen MR) is 93.5 cm³/mol. The van der Waals surface area contributed by atoms with Gasteiger partial charge in [0.2, 0.25) is 0 Å². The van der Waals surface area contributed by atoms with Crippen molar-refractivity contribution in [1.82, 2.24) is 0 Å². The highest BCUT2D eigenvalue weighted by Crippen LogP contribution is 2.36. The molecule has 0 aliphatic carbocycles. The summed E-state index contributed by atoms with van der Waals surface area (Å²) in [7, 11) is 0. The quantitative estimate of drug-likeness (QED) is 0.276. The maximum Gasteiger partial charge on any atom is 0.269 e. The lowest BCUT2D eigenvalue weighted by atomic mass is 9.92. The van der Waals surface area contributed by atoms with E-state index in [2.05, 4.69) is 30.3 Å². The van der Waals surface area contributed by atoms with Gasteiger partial charge in [-0.05, 0) is 50.9 Å². The third kappa shape index (κ3) is 2.23. The highest BCUT2D eigenvalue weighted by atomic mass is 16.6. The first-order valence-electron chi connectivity index (χ1n) is 7.39. The Morgan fingerprint density at radius 2 is 1.22 bits per heavy atom. The van der Waals surface area contributed by atoms with Gasteiger partial charge in [0.1, 0.15) is 0 Å². The lowest BCUT2D eigenvalue weighted by molar-refractivity contribution is -0.384. The fourth-order valence-electron chi connectivity index (χ4n) is 3.07. The number of nitro benzene ring substituents is 1. The monoisotopic (exact) mass is 299 g/mol. The van der Waals surface area contributed by atoms with Crippen LogP contribution in [0, 0.1) is 10.1 Å². The third-order valence-electron chi connectivity index (χ3n) is 4.14. The molecule has 0 aliphatic heterocycles. The molecule has 0 aromatic heterocycles. The van der Waals surface area contributed by atoms with E-state index in [1.165, 1.54) is 10.8 Å². The van der Waals surface area contributed by atoms with E-state index in [1.807, 2.05) is 36.4 Å². The largest absolute Gasteiger partial charge is 0.269 e. The number of nitrogens with zero attached hydrogens (tertiary/aromatic N) is 1. The third-order valence-corrected chi connectivity index (χ3v) is 4.14. The van der Waals surface area contributed by atoms with E-state index < -0.39 is 0 Å². The molecule has 3 nitrogen and oxygen atoms in total. The molecule has 0 fully saturated rings. The van der Waals surface area contributed by atoms with E-state index in [9.17, 15) is 10.1 Å². The van der Waals surface area contributed by atoms with Crippen LogP contribution in [0.15, 0.2) is 78.9 Å². The normalized spacial score (nSPS) is 11.0. The zero-order chi connectivity index (χ0) is 15.8. The molecule has 0 N–H and O–H groups in total. The molecule has 0 unspecified atom stereocenters. The SMILES string of the molecule is O=[N+]([O-])c1ccc(-c2c3ccccc3cc3ccccc23)cc1. The maximum atomic E-state index is 10.9. The van der Waals surface area contributed by atoms with Gasteiger partial charge in [0, 0.05) is 12.1 Å². The first-order chi connectivity index (χ1) is 11.2. The summed E-state index contributed by atoms with van der Waals surface area (Å²) in [5.74, 6) is 0.